The summed E-state index contributed by atoms with van der Waals surface area (Å²) in [6.45, 7) is 1.55. The molecule has 0 saturated carbocycles. The fraction of sp³-hybridized carbons (Fsp3) is 0.529. The Morgan fingerprint density at radius 3 is 2.04 bits per heavy atom. The Balaban J connectivity index is 2.12. The van der Waals surface area contributed by atoms with Crippen molar-refractivity contribution < 1.29 is 9.47 Å². The van der Waals surface area contributed by atoms with E-state index in [4.69, 9.17) is 9.47 Å². The van der Waals surface area contributed by atoms with Crippen molar-refractivity contribution >= 4 is 65.2 Å². The summed E-state index contributed by atoms with van der Waals surface area (Å²) < 4.78 is 15.4. The monoisotopic (exact) mass is 566 g/mol. The van der Waals surface area contributed by atoms with Crippen LogP contribution in [0.2, 0.25) is 29.6 Å². The average molecular weight is 564 g/mol. The van der Waals surface area contributed by atoms with Gasteiger partial charge < -0.3 is 0 Å². The maximum atomic E-state index is 6.15. The number of hydrogen-bond donors (Lipinski definition) is 0. The summed E-state index contributed by atoms with van der Waals surface area (Å²) in [5, 5.41) is 0. The summed E-state index contributed by atoms with van der Waals surface area (Å²) in [7, 11) is 0. The molecule has 0 aliphatic carbocycles. The van der Waals surface area contributed by atoms with Crippen molar-refractivity contribution in [2.45, 2.75) is 36.1 Å². The van der Waals surface area contributed by atoms with Crippen LogP contribution in [0, 0.1) is 0 Å². The number of rotatable bonds is 3. The van der Waals surface area contributed by atoms with Crippen LogP contribution in [0.15, 0.2) is 12.1 Å². The quantitative estimate of drug-likeness (QED) is 0.503. The molecule has 1 aliphatic rings. The van der Waals surface area contributed by atoms with Crippen LogP contribution in [0.3, 0.4) is 0 Å². The van der Waals surface area contributed by atoms with Gasteiger partial charge in [0.1, 0.15) is 0 Å². The fourth-order valence-corrected chi connectivity index (χ4v) is 16.2. The zero-order valence-corrected chi connectivity index (χ0v) is 22.3. The first-order valence-corrected chi connectivity index (χ1v) is 29.8. The van der Waals surface area contributed by atoms with E-state index in [0.29, 0.717) is 0 Å². The molecule has 23 heavy (non-hydrogen) atoms. The second kappa shape index (κ2) is 6.72. The molecule has 0 N–H and O–H groups in total. The number of thiophene rings is 2. The molecule has 2 nitrogen and oxygen atoms in total. The van der Waals surface area contributed by atoms with Gasteiger partial charge in [0.05, 0.1) is 0 Å². The first kappa shape index (κ1) is 18.4. The van der Waals surface area contributed by atoms with E-state index in [1.807, 2.05) is 22.7 Å². The normalized spacial score (nSPS) is 15.6. The first-order valence-electron chi connectivity index (χ1n) is 8.21. The van der Waals surface area contributed by atoms with Gasteiger partial charge in [-0.3, -0.25) is 0 Å². The number of fused-ring (bicyclic) bond motifs is 1. The van der Waals surface area contributed by atoms with Gasteiger partial charge in [-0.05, 0) is 0 Å². The molecule has 6 heteroatoms. The predicted octanol–water partition coefficient (Wildman–Crippen LogP) is 4.73. The Morgan fingerprint density at radius 2 is 1.48 bits per heavy atom. The Kier molecular flexibility index (Phi) is 5.38. The SMILES string of the molecule is [CH3][Sn]([CH3])([CH3])[c]1ccc(-c2s[c]([Sn]([CH3])([CH3])[CH3])c3c2OCCCO3)s1. The zero-order valence-electron chi connectivity index (χ0n) is 14.9. The van der Waals surface area contributed by atoms with Gasteiger partial charge in [0.15, 0.2) is 0 Å². The molecule has 0 unspecified atom stereocenters. The van der Waals surface area contributed by atoms with Gasteiger partial charge in [0.25, 0.3) is 0 Å². The second-order valence-electron chi connectivity index (χ2n) is 8.13. The summed E-state index contributed by atoms with van der Waals surface area (Å²) in [6, 6.07) is 4.67. The van der Waals surface area contributed by atoms with E-state index < -0.39 is 36.8 Å². The van der Waals surface area contributed by atoms with Gasteiger partial charge in [-0.25, -0.2) is 0 Å². The van der Waals surface area contributed by atoms with E-state index in [1.54, 1.807) is 2.89 Å². The van der Waals surface area contributed by atoms with Crippen molar-refractivity contribution in [3.8, 4) is 21.3 Å². The van der Waals surface area contributed by atoms with E-state index in [0.717, 1.165) is 31.1 Å². The van der Waals surface area contributed by atoms with Crippen LogP contribution in [0.4, 0.5) is 0 Å². The number of hydrogen-bond acceptors (Lipinski definition) is 4. The van der Waals surface area contributed by atoms with Crippen molar-refractivity contribution in [2.75, 3.05) is 13.2 Å². The van der Waals surface area contributed by atoms with E-state index in [-0.39, 0.29) is 0 Å². The number of ether oxygens (including phenoxy) is 2. The third kappa shape index (κ3) is 3.90. The molecule has 0 amide bonds. The second-order valence-corrected chi connectivity index (χ2v) is 41.0. The van der Waals surface area contributed by atoms with Crippen molar-refractivity contribution in [3.05, 3.63) is 12.1 Å². The van der Waals surface area contributed by atoms with Crippen molar-refractivity contribution in [3.63, 3.8) is 0 Å². The first-order chi connectivity index (χ1) is 10.7. The summed E-state index contributed by atoms with van der Waals surface area (Å²) in [5.41, 5.74) is 0. The summed E-state index contributed by atoms with van der Waals surface area (Å²) in [4.78, 5) is 17.5. The Bertz CT molecular complexity index is 705. The molecule has 126 valence electrons. The van der Waals surface area contributed by atoms with Gasteiger partial charge in [-0.1, -0.05) is 0 Å². The molecule has 0 radical (unpaired) electrons. The van der Waals surface area contributed by atoms with E-state index >= 15 is 0 Å². The average Bonchev–Trinajstić information content (AvgIpc) is 2.96. The predicted molar refractivity (Wildman–Crippen MR) is 109 cm³/mol. The van der Waals surface area contributed by atoms with Crippen LogP contribution in [-0.2, 0) is 0 Å². The molecule has 0 saturated heterocycles. The maximum absolute atomic E-state index is 6.15. The van der Waals surface area contributed by atoms with Crippen LogP contribution in [0.1, 0.15) is 6.42 Å². The van der Waals surface area contributed by atoms with Crippen LogP contribution < -0.4 is 15.3 Å². The van der Waals surface area contributed by atoms with E-state index in [9.17, 15) is 0 Å². The molecule has 0 spiro atoms. The van der Waals surface area contributed by atoms with Gasteiger partial charge in [-0.2, -0.15) is 0 Å². The summed E-state index contributed by atoms with van der Waals surface area (Å²) in [5.74, 6) is 2.12. The van der Waals surface area contributed by atoms with Crippen molar-refractivity contribution in [1.82, 2.24) is 0 Å². The molecule has 2 aromatic heterocycles. The Hall–Kier alpha value is 0.597. The van der Waals surface area contributed by atoms with Gasteiger partial charge >= 0.3 is 157 Å². The third-order valence-electron chi connectivity index (χ3n) is 3.85. The fourth-order valence-electron chi connectivity index (χ4n) is 2.59. The van der Waals surface area contributed by atoms with Crippen LogP contribution >= 0.6 is 22.7 Å². The molecule has 0 aromatic carbocycles. The van der Waals surface area contributed by atoms with Crippen LogP contribution in [-0.4, -0.2) is 50.0 Å². The standard InChI is InChI=1S/C11H8O2S2.6CH3.2Sn/c1-3-9(14-6-1)11-10-8(7-15-11)12-4-2-5-13-10;;;;;;;;/h1,3H,2,4-5H2;6*1H3;;. The van der Waals surface area contributed by atoms with Gasteiger partial charge in [-0.15, -0.1) is 0 Å². The van der Waals surface area contributed by atoms with Crippen LogP contribution in [0.25, 0.3) is 9.75 Å². The molecular weight excluding hydrogens is 538 g/mol. The van der Waals surface area contributed by atoms with Gasteiger partial charge in [0.2, 0.25) is 0 Å². The van der Waals surface area contributed by atoms with Crippen molar-refractivity contribution in [1.29, 1.82) is 0 Å². The molecule has 3 heterocycles. The van der Waals surface area contributed by atoms with E-state index in [2.05, 4.69) is 41.8 Å². The van der Waals surface area contributed by atoms with E-state index in [1.165, 1.54) is 12.6 Å². The Morgan fingerprint density at radius 1 is 0.826 bits per heavy atom. The zero-order chi connectivity index (χ0) is 16.8. The molecule has 0 bridgehead atoms. The Labute approximate surface area is 156 Å². The van der Waals surface area contributed by atoms with Crippen molar-refractivity contribution in [2.24, 2.45) is 0 Å². The summed E-state index contributed by atoms with van der Waals surface area (Å²) >= 11 is -0.289. The molecule has 0 atom stereocenters. The van der Waals surface area contributed by atoms with Gasteiger partial charge in [0, 0.05) is 0 Å². The summed E-state index contributed by atoms with van der Waals surface area (Å²) in [6.07, 6.45) is 0.978. The minimum absolute atomic E-state index is 0.770. The molecule has 0 fully saturated rings. The molecular formula is C17H26O2S2Sn2. The molecule has 2 aromatic rings. The topological polar surface area (TPSA) is 18.5 Å². The minimum atomic E-state index is -2.22. The molecule has 1 aliphatic heterocycles. The third-order valence-corrected chi connectivity index (χ3v) is 25.1. The molecule has 3 rings (SSSR count). The van der Waals surface area contributed by atoms with Crippen LogP contribution in [0.5, 0.6) is 11.5 Å².